The van der Waals surface area contributed by atoms with Gasteiger partial charge in [-0.1, -0.05) is 13.8 Å². The number of ether oxygens (including phenoxy) is 1. The van der Waals surface area contributed by atoms with Crippen LogP contribution in [0.15, 0.2) is 30.6 Å². The van der Waals surface area contributed by atoms with Crippen LogP contribution in [0.2, 0.25) is 0 Å². The number of aryl methyl sites for hydroxylation is 1. The highest BCUT2D eigenvalue weighted by atomic mass is 19.4. The number of amides is 1. The number of alkyl halides is 3. The summed E-state index contributed by atoms with van der Waals surface area (Å²) in [4.78, 5) is 19.0. The molecule has 1 heterocycles. The molecule has 0 fully saturated rings. The lowest BCUT2D eigenvalue weighted by Crippen LogP contribution is -2.44. The van der Waals surface area contributed by atoms with E-state index >= 15 is 0 Å². The molecule has 0 unspecified atom stereocenters. The van der Waals surface area contributed by atoms with Crippen molar-refractivity contribution >= 4 is 6.09 Å². The Bertz CT molecular complexity index is 885. The smallest absolute Gasteiger partial charge is 0.419 e. The van der Waals surface area contributed by atoms with E-state index in [1.807, 2.05) is 6.92 Å². The molecule has 0 bridgehead atoms. The summed E-state index contributed by atoms with van der Waals surface area (Å²) in [6.07, 6.45) is -3.37. The van der Waals surface area contributed by atoms with E-state index in [1.165, 1.54) is 18.5 Å². The number of benzene rings is 1. The fourth-order valence-corrected chi connectivity index (χ4v) is 3.29. The van der Waals surface area contributed by atoms with Gasteiger partial charge in [0.05, 0.1) is 17.9 Å². The zero-order valence-corrected chi connectivity index (χ0v) is 17.4. The maximum atomic E-state index is 13.6. The quantitative estimate of drug-likeness (QED) is 0.609. The monoisotopic (exact) mass is 425 g/mol. The molecule has 9 heteroatoms. The Kier molecular flexibility index (Phi) is 7.28. The van der Waals surface area contributed by atoms with Gasteiger partial charge in [-0.05, 0) is 56.9 Å². The first-order valence-corrected chi connectivity index (χ1v) is 9.57. The number of aromatic nitrogens is 2. The van der Waals surface area contributed by atoms with E-state index in [4.69, 9.17) is 9.84 Å². The minimum atomic E-state index is -4.60. The fourth-order valence-electron chi connectivity index (χ4n) is 3.29. The van der Waals surface area contributed by atoms with E-state index < -0.39 is 23.4 Å². The molecule has 1 aromatic heterocycles. The van der Waals surface area contributed by atoms with Gasteiger partial charge in [0.2, 0.25) is 0 Å². The molecule has 0 radical (unpaired) electrons. The summed E-state index contributed by atoms with van der Waals surface area (Å²) in [7, 11) is 0. The molecule has 30 heavy (non-hydrogen) atoms. The minimum absolute atomic E-state index is 0.0145. The molecule has 0 saturated carbocycles. The Labute approximate surface area is 173 Å². The predicted molar refractivity (Wildman–Crippen MR) is 106 cm³/mol. The molecular formula is C21H26F3N3O3. The van der Waals surface area contributed by atoms with E-state index in [0.717, 1.165) is 11.8 Å². The van der Waals surface area contributed by atoms with Crippen LogP contribution in [0.5, 0.6) is 5.75 Å². The van der Waals surface area contributed by atoms with Gasteiger partial charge in [-0.2, -0.15) is 13.2 Å². The SMILES string of the molecule is CCc1cc(-c2ccc(OC[C@@H](C)CC(C)(C)NC(=O)O)c(C(F)(F)F)c2)ncn1. The third kappa shape index (κ3) is 6.60. The van der Waals surface area contributed by atoms with Crippen molar-refractivity contribution in [3.8, 4) is 17.0 Å². The van der Waals surface area contributed by atoms with Crippen molar-refractivity contribution in [2.45, 2.75) is 52.3 Å². The zero-order chi connectivity index (χ0) is 22.5. The van der Waals surface area contributed by atoms with Gasteiger partial charge >= 0.3 is 12.3 Å². The number of nitrogens with zero attached hydrogens (tertiary/aromatic N) is 2. The summed E-state index contributed by atoms with van der Waals surface area (Å²) < 4.78 is 46.4. The van der Waals surface area contributed by atoms with Crippen LogP contribution in [0.25, 0.3) is 11.3 Å². The van der Waals surface area contributed by atoms with E-state index in [1.54, 1.807) is 26.8 Å². The number of halogens is 3. The zero-order valence-electron chi connectivity index (χ0n) is 17.4. The van der Waals surface area contributed by atoms with Crippen molar-refractivity contribution < 1.29 is 27.8 Å². The second-order valence-electron chi connectivity index (χ2n) is 7.89. The molecule has 1 aromatic carbocycles. The molecule has 2 N–H and O–H groups in total. The first kappa shape index (κ1) is 23.4. The van der Waals surface area contributed by atoms with Crippen LogP contribution in [0, 0.1) is 5.92 Å². The van der Waals surface area contributed by atoms with Crippen molar-refractivity contribution in [3.05, 3.63) is 41.9 Å². The summed E-state index contributed by atoms with van der Waals surface area (Å²) in [6, 6.07) is 5.51. The van der Waals surface area contributed by atoms with E-state index in [9.17, 15) is 18.0 Å². The van der Waals surface area contributed by atoms with E-state index in [2.05, 4.69) is 15.3 Å². The average molecular weight is 425 g/mol. The minimum Gasteiger partial charge on any atom is -0.493 e. The third-order valence-electron chi connectivity index (χ3n) is 4.49. The van der Waals surface area contributed by atoms with Crippen LogP contribution in [-0.4, -0.2) is 33.3 Å². The molecule has 1 amide bonds. The topological polar surface area (TPSA) is 84.3 Å². The lowest BCUT2D eigenvalue weighted by molar-refractivity contribution is -0.139. The standard InChI is InChI=1S/C21H26F3N3O3/c1-5-15-9-17(26-12-25-15)14-6-7-18(16(8-14)21(22,23)24)30-11-13(2)10-20(3,4)27-19(28)29/h6-9,12-13,27H,5,10-11H2,1-4H3,(H,28,29)/t13-/m0/s1. The van der Waals surface area contributed by atoms with Gasteiger partial charge in [0, 0.05) is 16.8 Å². The highest BCUT2D eigenvalue weighted by Crippen LogP contribution is 2.39. The van der Waals surface area contributed by atoms with Crippen molar-refractivity contribution in [1.29, 1.82) is 0 Å². The molecule has 164 valence electrons. The number of carbonyl (C=O) groups is 1. The van der Waals surface area contributed by atoms with Gasteiger partial charge in [0.15, 0.2) is 0 Å². The van der Waals surface area contributed by atoms with Crippen molar-refractivity contribution in [2.24, 2.45) is 5.92 Å². The highest BCUT2D eigenvalue weighted by Gasteiger charge is 2.35. The Balaban J connectivity index is 2.21. The molecule has 1 atom stereocenters. The summed E-state index contributed by atoms with van der Waals surface area (Å²) in [5.74, 6) is -0.451. The molecule has 2 aromatic rings. The number of hydrogen-bond donors (Lipinski definition) is 2. The normalized spacial score (nSPS) is 13.0. The van der Waals surface area contributed by atoms with Gasteiger partial charge in [-0.15, -0.1) is 0 Å². The Hall–Kier alpha value is -2.84. The fraction of sp³-hybridized carbons (Fsp3) is 0.476. The maximum absolute atomic E-state index is 13.6. The van der Waals surface area contributed by atoms with Crippen molar-refractivity contribution in [3.63, 3.8) is 0 Å². The number of rotatable bonds is 8. The van der Waals surface area contributed by atoms with Crippen LogP contribution in [0.3, 0.4) is 0 Å². The molecule has 0 aliphatic heterocycles. The molecule has 0 aliphatic carbocycles. The molecule has 2 rings (SSSR count). The van der Waals surface area contributed by atoms with E-state index in [-0.39, 0.29) is 18.3 Å². The Morgan fingerprint density at radius 2 is 1.93 bits per heavy atom. The second-order valence-corrected chi connectivity index (χ2v) is 7.89. The van der Waals surface area contributed by atoms with Crippen LogP contribution >= 0.6 is 0 Å². The van der Waals surface area contributed by atoms with Crippen LogP contribution in [0.1, 0.15) is 45.4 Å². The summed E-state index contributed by atoms with van der Waals surface area (Å²) in [5, 5.41) is 11.3. The first-order chi connectivity index (χ1) is 13.9. The lowest BCUT2D eigenvalue weighted by Gasteiger charge is -2.28. The third-order valence-corrected chi connectivity index (χ3v) is 4.49. The van der Waals surface area contributed by atoms with Gasteiger partial charge < -0.3 is 15.2 Å². The molecule has 0 aliphatic rings. The van der Waals surface area contributed by atoms with Crippen LogP contribution in [0.4, 0.5) is 18.0 Å². The second kappa shape index (κ2) is 9.32. The van der Waals surface area contributed by atoms with Crippen molar-refractivity contribution in [1.82, 2.24) is 15.3 Å². The van der Waals surface area contributed by atoms with Crippen molar-refractivity contribution in [2.75, 3.05) is 6.61 Å². The van der Waals surface area contributed by atoms with Gasteiger partial charge in [0.1, 0.15) is 12.1 Å². The lowest BCUT2D eigenvalue weighted by atomic mass is 9.92. The summed E-state index contributed by atoms with van der Waals surface area (Å²) in [5.41, 5.74) is -0.137. The summed E-state index contributed by atoms with van der Waals surface area (Å²) in [6.45, 7) is 7.12. The predicted octanol–water partition coefficient (Wildman–Crippen LogP) is 5.18. The first-order valence-electron chi connectivity index (χ1n) is 9.57. The van der Waals surface area contributed by atoms with Crippen LogP contribution in [-0.2, 0) is 12.6 Å². The Morgan fingerprint density at radius 3 is 2.53 bits per heavy atom. The van der Waals surface area contributed by atoms with E-state index in [0.29, 0.717) is 24.1 Å². The molecular weight excluding hydrogens is 399 g/mol. The number of nitrogens with one attached hydrogen (secondary N) is 1. The number of carboxylic acid groups (broad SMARTS) is 1. The van der Waals surface area contributed by atoms with Gasteiger partial charge in [-0.25, -0.2) is 14.8 Å². The Morgan fingerprint density at radius 1 is 1.23 bits per heavy atom. The molecule has 6 nitrogen and oxygen atoms in total. The number of hydrogen-bond acceptors (Lipinski definition) is 4. The average Bonchev–Trinajstić information content (AvgIpc) is 2.64. The molecule has 0 saturated heterocycles. The maximum Gasteiger partial charge on any atom is 0.419 e. The van der Waals surface area contributed by atoms with Gasteiger partial charge in [-0.3, -0.25) is 0 Å². The highest BCUT2D eigenvalue weighted by molar-refractivity contribution is 5.65. The van der Waals surface area contributed by atoms with Gasteiger partial charge in [0.25, 0.3) is 0 Å². The largest absolute Gasteiger partial charge is 0.493 e. The van der Waals surface area contributed by atoms with Crippen LogP contribution < -0.4 is 10.1 Å². The molecule has 0 spiro atoms. The summed E-state index contributed by atoms with van der Waals surface area (Å²) >= 11 is 0.